The Balaban J connectivity index is 2.11. The Hall–Kier alpha value is -2.14. The van der Waals surface area contributed by atoms with Crippen LogP contribution >= 0.6 is 11.3 Å². The molecule has 3 aromatic rings. The molecule has 0 atom stereocenters. The average molecular weight is 284 g/mol. The Morgan fingerprint density at radius 2 is 2.10 bits per heavy atom. The number of nitrogens with zero attached hydrogens (tertiary/aromatic N) is 3. The number of benzene rings is 1. The summed E-state index contributed by atoms with van der Waals surface area (Å²) in [6, 6.07) is 8.33. The Labute approximate surface area is 121 Å². The molecule has 0 aliphatic rings. The van der Waals surface area contributed by atoms with E-state index in [9.17, 15) is 0 Å². The monoisotopic (exact) mass is 284 g/mol. The van der Waals surface area contributed by atoms with Crippen LogP contribution in [0.5, 0.6) is 0 Å². The number of aryl methyl sites for hydroxylation is 1. The number of hydrogen-bond acceptors (Lipinski definition) is 4. The summed E-state index contributed by atoms with van der Waals surface area (Å²) in [5.74, 6) is 0. The van der Waals surface area contributed by atoms with Crippen LogP contribution in [0.2, 0.25) is 0 Å². The van der Waals surface area contributed by atoms with Crippen LogP contribution in [0.1, 0.15) is 18.2 Å². The van der Waals surface area contributed by atoms with Gasteiger partial charge >= 0.3 is 0 Å². The smallest absolute Gasteiger partial charge is 0.180 e. The standard InChI is InChI=1S/C15H16N4S/c1-3-11-6-4-5-7-14(11)19-10(2)12(8-17-19)13-9-20-15(16)18-13/h4-9H,3H2,1-2H3,(H2,16,18). The van der Waals surface area contributed by atoms with E-state index in [1.807, 2.05) is 22.3 Å². The Kier molecular flexibility index (Phi) is 3.28. The minimum Gasteiger partial charge on any atom is -0.375 e. The van der Waals surface area contributed by atoms with Gasteiger partial charge < -0.3 is 5.73 Å². The van der Waals surface area contributed by atoms with Gasteiger partial charge in [0.15, 0.2) is 5.13 Å². The molecule has 0 saturated carbocycles. The molecule has 3 rings (SSSR count). The van der Waals surface area contributed by atoms with Crippen LogP contribution in [-0.4, -0.2) is 14.8 Å². The van der Waals surface area contributed by atoms with Gasteiger partial charge in [0, 0.05) is 10.9 Å². The maximum absolute atomic E-state index is 5.71. The summed E-state index contributed by atoms with van der Waals surface area (Å²) in [7, 11) is 0. The van der Waals surface area contributed by atoms with Crippen LogP contribution < -0.4 is 5.73 Å². The van der Waals surface area contributed by atoms with Crippen LogP contribution in [0.15, 0.2) is 35.8 Å². The zero-order valence-electron chi connectivity index (χ0n) is 11.5. The zero-order chi connectivity index (χ0) is 14.1. The van der Waals surface area contributed by atoms with Crippen molar-refractivity contribution in [2.75, 3.05) is 5.73 Å². The normalized spacial score (nSPS) is 10.9. The van der Waals surface area contributed by atoms with Gasteiger partial charge in [-0.2, -0.15) is 5.10 Å². The van der Waals surface area contributed by atoms with Gasteiger partial charge in [0.05, 0.1) is 23.3 Å². The predicted molar refractivity (Wildman–Crippen MR) is 83.2 cm³/mol. The molecule has 2 heterocycles. The second-order valence-corrected chi connectivity index (χ2v) is 5.50. The van der Waals surface area contributed by atoms with Crippen molar-refractivity contribution in [1.29, 1.82) is 0 Å². The fourth-order valence-electron chi connectivity index (χ4n) is 2.33. The molecular weight excluding hydrogens is 268 g/mol. The van der Waals surface area contributed by atoms with E-state index >= 15 is 0 Å². The first-order chi connectivity index (χ1) is 9.70. The van der Waals surface area contributed by atoms with E-state index < -0.39 is 0 Å². The number of hydrogen-bond donors (Lipinski definition) is 1. The maximum Gasteiger partial charge on any atom is 0.180 e. The number of thiazole rings is 1. The van der Waals surface area contributed by atoms with E-state index in [1.165, 1.54) is 16.9 Å². The van der Waals surface area contributed by atoms with Gasteiger partial charge in [-0.3, -0.25) is 0 Å². The summed E-state index contributed by atoms with van der Waals surface area (Å²) in [4.78, 5) is 4.33. The van der Waals surface area contributed by atoms with Crippen LogP contribution in [0.3, 0.4) is 0 Å². The first-order valence-corrected chi connectivity index (χ1v) is 7.43. The highest BCUT2D eigenvalue weighted by molar-refractivity contribution is 7.13. The van der Waals surface area contributed by atoms with Crippen molar-refractivity contribution in [3.8, 4) is 16.9 Å². The number of anilines is 1. The molecular formula is C15H16N4S. The second kappa shape index (κ2) is 5.09. The fourth-order valence-corrected chi connectivity index (χ4v) is 2.89. The van der Waals surface area contributed by atoms with Crippen molar-refractivity contribution in [3.63, 3.8) is 0 Å². The van der Waals surface area contributed by atoms with Gasteiger partial charge in [-0.05, 0) is 25.0 Å². The molecule has 0 radical (unpaired) electrons. The van der Waals surface area contributed by atoms with E-state index in [0.717, 1.165) is 29.1 Å². The molecule has 5 heteroatoms. The summed E-state index contributed by atoms with van der Waals surface area (Å²) in [6.45, 7) is 4.21. The number of aromatic nitrogens is 3. The fraction of sp³-hybridized carbons (Fsp3) is 0.200. The molecule has 102 valence electrons. The zero-order valence-corrected chi connectivity index (χ0v) is 12.3. The molecule has 20 heavy (non-hydrogen) atoms. The molecule has 4 nitrogen and oxygen atoms in total. The SMILES string of the molecule is CCc1ccccc1-n1ncc(-c2csc(N)n2)c1C. The third-order valence-corrected chi connectivity index (χ3v) is 4.08. The Bertz CT molecular complexity index is 742. The van der Waals surface area contributed by atoms with Crippen molar-refractivity contribution in [1.82, 2.24) is 14.8 Å². The summed E-state index contributed by atoms with van der Waals surface area (Å²) >= 11 is 1.45. The first-order valence-electron chi connectivity index (χ1n) is 6.55. The summed E-state index contributed by atoms with van der Waals surface area (Å²) in [5, 5.41) is 7.07. The van der Waals surface area contributed by atoms with E-state index in [2.05, 4.69) is 42.1 Å². The van der Waals surface area contributed by atoms with E-state index in [1.54, 1.807) is 0 Å². The van der Waals surface area contributed by atoms with Gasteiger partial charge in [-0.25, -0.2) is 9.67 Å². The highest BCUT2D eigenvalue weighted by Crippen LogP contribution is 2.28. The molecule has 0 spiro atoms. The number of rotatable bonds is 3. The summed E-state index contributed by atoms with van der Waals surface area (Å²) in [6.07, 6.45) is 2.84. The van der Waals surface area contributed by atoms with Gasteiger partial charge in [-0.1, -0.05) is 25.1 Å². The van der Waals surface area contributed by atoms with Crippen molar-refractivity contribution in [2.24, 2.45) is 0 Å². The molecule has 0 bridgehead atoms. The molecule has 2 aromatic heterocycles. The lowest BCUT2D eigenvalue weighted by Crippen LogP contribution is -2.02. The van der Waals surface area contributed by atoms with Gasteiger partial charge in [0.2, 0.25) is 0 Å². The molecule has 0 aliphatic heterocycles. The molecule has 0 unspecified atom stereocenters. The molecule has 0 aliphatic carbocycles. The third kappa shape index (κ3) is 2.10. The third-order valence-electron chi connectivity index (χ3n) is 3.41. The molecule has 0 amide bonds. The highest BCUT2D eigenvalue weighted by atomic mass is 32.1. The predicted octanol–water partition coefficient (Wildman–Crippen LogP) is 3.45. The van der Waals surface area contributed by atoms with Crippen molar-refractivity contribution in [2.45, 2.75) is 20.3 Å². The number of para-hydroxylation sites is 1. The van der Waals surface area contributed by atoms with Gasteiger partial charge in [0.1, 0.15) is 0 Å². The summed E-state index contributed by atoms with van der Waals surface area (Å²) in [5.41, 5.74) is 11.1. The lowest BCUT2D eigenvalue weighted by molar-refractivity contribution is 0.833. The van der Waals surface area contributed by atoms with Gasteiger partial charge in [0.25, 0.3) is 0 Å². The topological polar surface area (TPSA) is 56.7 Å². The van der Waals surface area contributed by atoms with Crippen molar-refractivity contribution in [3.05, 3.63) is 47.1 Å². The van der Waals surface area contributed by atoms with E-state index in [4.69, 9.17) is 5.73 Å². The number of nitrogen functional groups attached to an aromatic ring is 1. The summed E-state index contributed by atoms with van der Waals surface area (Å²) < 4.78 is 1.98. The van der Waals surface area contributed by atoms with Crippen molar-refractivity contribution < 1.29 is 0 Å². The Morgan fingerprint density at radius 3 is 2.80 bits per heavy atom. The van der Waals surface area contributed by atoms with Gasteiger partial charge in [-0.15, -0.1) is 11.3 Å². The quantitative estimate of drug-likeness (QED) is 0.801. The largest absolute Gasteiger partial charge is 0.375 e. The van der Waals surface area contributed by atoms with Crippen LogP contribution in [0.4, 0.5) is 5.13 Å². The molecule has 0 saturated heterocycles. The van der Waals surface area contributed by atoms with E-state index in [-0.39, 0.29) is 0 Å². The first kappa shape index (κ1) is 12.9. The van der Waals surface area contributed by atoms with Crippen LogP contribution in [0, 0.1) is 6.92 Å². The molecule has 2 N–H and O–H groups in total. The number of nitrogens with two attached hydrogens (primary N) is 1. The minimum atomic E-state index is 0.584. The van der Waals surface area contributed by atoms with Crippen LogP contribution in [-0.2, 0) is 6.42 Å². The lowest BCUT2D eigenvalue weighted by atomic mass is 10.1. The Morgan fingerprint density at radius 1 is 1.30 bits per heavy atom. The average Bonchev–Trinajstić information content (AvgIpc) is 3.05. The van der Waals surface area contributed by atoms with E-state index in [0.29, 0.717) is 5.13 Å². The lowest BCUT2D eigenvalue weighted by Gasteiger charge is -2.09. The highest BCUT2D eigenvalue weighted by Gasteiger charge is 2.13. The molecule has 0 fully saturated rings. The second-order valence-electron chi connectivity index (χ2n) is 4.61. The molecule has 1 aromatic carbocycles. The maximum atomic E-state index is 5.71. The van der Waals surface area contributed by atoms with Crippen LogP contribution in [0.25, 0.3) is 16.9 Å². The minimum absolute atomic E-state index is 0.584. The van der Waals surface area contributed by atoms with Crippen molar-refractivity contribution >= 4 is 16.5 Å².